The van der Waals surface area contributed by atoms with Crippen LogP contribution in [0.1, 0.15) is 59.3 Å². The molecule has 1 saturated carbocycles. The van der Waals surface area contributed by atoms with Crippen LogP contribution in [-0.4, -0.2) is 11.7 Å². The highest BCUT2D eigenvalue weighted by Crippen LogP contribution is 2.46. The van der Waals surface area contributed by atoms with Crippen molar-refractivity contribution in [1.29, 1.82) is 0 Å². The number of hydrogen-bond donors (Lipinski definition) is 1. The van der Waals surface area contributed by atoms with Gasteiger partial charge in [0.25, 0.3) is 0 Å². The molecule has 84 valence electrons. The van der Waals surface area contributed by atoms with E-state index in [4.69, 9.17) is 5.11 Å². The molecule has 0 saturated heterocycles. The highest BCUT2D eigenvalue weighted by molar-refractivity contribution is 4.86. The SMILES string of the molecule is CC1CCCC(C)(C)C1CCCCO. The van der Waals surface area contributed by atoms with E-state index >= 15 is 0 Å². The highest BCUT2D eigenvalue weighted by atomic mass is 16.2. The van der Waals surface area contributed by atoms with E-state index < -0.39 is 0 Å². The molecule has 1 aliphatic rings. The Kier molecular flexibility index (Phi) is 4.43. The molecule has 0 bridgehead atoms. The van der Waals surface area contributed by atoms with Gasteiger partial charge in [0.2, 0.25) is 0 Å². The van der Waals surface area contributed by atoms with Crippen molar-refractivity contribution >= 4 is 0 Å². The Morgan fingerprint density at radius 1 is 1.29 bits per heavy atom. The van der Waals surface area contributed by atoms with E-state index in [0.29, 0.717) is 12.0 Å². The van der Waals surface area contributed by atoms with Gasteiger partial charge >= 0.3 is 0 Å². The second-order valence-corrected chi connectivity index (χ2v) is 5.68. The Labute approximate surface area is 88.9 Å². The van der Waals surface area contributed by atoms with Gasteiger partial charge in [-0.15, -0.1) is 0 Å². The molecular weight excluding hydrogens is 172 g/mol. The Morgan fingerprint density at radius 2 is 2.00 bits per heavy atom. The van der Waals surface area contributed by atoms with E-state index in [1.165, 1.54) is 32.1 Å². The number of aliphatic hydroxyl groups is 1. The zero-order valence-corrected chi connectivity index (χ0v) is 10.1. The molecule has 2 atom stereocenters. The Balaban J connectivity index is 2.44. The van der Waals surface area contributed by atoms with Crippen LogP contribution in [0.25, 0.3) is 0 Å². The van der Waals surface area contributed by atoms with Gasteiger partial charge in [0, 0.05) is 6.61 Å². The zero-order chi connectivity index (χ0) is 10.6. The van der Waals surface area contributed by atoms with Gasteiger partial charge in [0.1, 0.15) is 0 Å². The summed E-state index contributed by atoms with van der Waals surface area (Å²) in [5.74, 6) is 1.76. The molecule has 0 aromatic rings. The Hall–Kier alpha value is -0.0400. The van der Waals surface area contributed by atoms with Gasteiger partial charge in [-0.25, -0.2) is 0 Å². The fraction of sp³-hybridized carbons (Fsp3) is 1.00. The quantitative estimate of drug-likeness (QED) is 0.684. The predicted octanol–water partition coefficient (Wildman–Crippen LogP) is 3.61. The van der Waals surface area contributed by atoms with Crippen LogP contribution >= 0.6 is 0 Å². The average Bonchev–Trinajstić information content (AvgIpc) is 2.09. The molecule has 0 amide bonds. The number of rotatable bonds is 4. The number of unbranched alkanes of at least 4 members (excludes halogenated alkanes) is 1. The van der Waals surface area contributed by atoms with Crippen LogP contribution in [-0.2, 0) is 0 Å². The number of aliphatic hydroxyl groups excluding tert-OH is 1. The molecule has 0 heterocycles. The van der Waals surface area contributed by atoms with Crippen LogP contribution < -0.4 is 0 Å². The minimum Gasteiger partial charge on any atom is -0.396 e. The van der Waals surface area contributed by atoms with E-state index in [-0.39, 0.29) is 0 Å². The van der Waals surface area contributed by atoms with Crippen molar-refractivity contribution < 1.29 is 5.11 Å². The summed E-state index contributed by atoms with van der Waals surface area (Å²) in [4.78, 5) is 0. The summed E-state index contributed by atoms with van der Waals surface area (Å²) in [7, 11) is 0. The summed E-state index contributed by atoms with van der Waals surface area (Å²) in [6.45, 7) is 7.62. The average molecular weight is 198 g/mol. The molecule has 1 N–H and O–H groups in total. The molecule has 1 fully saturated rings. The molecule has 0 aromatic carbocycles. The summed E-state index contributed by atoms with van der Waals surface area (Å²) < 4.78 is 0. The minimum atomic E-state index is 0.363. The van der Waals surface area contributed by atoms with Gasteiger partial charge < -0.3 is 5.11 Å². The van der Waals surface area contributed by atoms with E-state index in [9.17, 15) is 0 Å². The topological polar surface area (TPSA) is 20.2 Å². The first-order valence-corrected chi connectivity index (χ1v) is 6.19. The molecule has 0 radical (unpaired) electrons. The third kappa shape index (κ3) is 2.98. The molecule has 2 unspecified atom stereocenters. The maximum Gasteiger partial charge on any atom is 0.0431 e. The predicted molar refractivity (Wildman–Crippen MR) is 61.2 cm³/mol. The lowest BCUT2D eigenvalue weighted by Crippen LogP contribution is -2.33. The van der Waals surface area contributed by atoms with Crippen LogP contribution in [0.4, 0.5) is 0 Å². The van der Waals surface area contributed by atoms with E-state index in [1.54, 1.807) is 0 Å². The second-order valence-electron chi connectivity index (χ2n) is 5.68. The van der Waals surface area contributed by atoms with Crippen molar-refractivity contribution in [1.82, 2.24) is 0 Å². The second kappa shape index (κ2) is 5.16. The first kappa shape index (κ1) is 12.0. The lowest BCUT2D eigenvalue weighted by molar-refractivity contribution is 0.0728. The summed E-state index contributed by atoms with van der Waals surface area (Å²) in [5, 5.41) is 8.79. The monoisotopic (exact) mass is 198 g/mol. The minimum absolute atomic E-state index is 0.363. The van der Waals surface area contributed by atoms with Crippen molar-refractivity contribution in [2.75, 3.05) is 6.61 Å². The lowest BCUT2D eigenvalue weighted by Gasteiger charge is -2.43. The van der Waals surface area contributed by atoms with Crippen molar-refractivity contribution in [3.63, 3.8) is 0 Å². The Bertz CT molecular complexity index is 163. The molecule has 0 aromatic heterocycles. The van der Waals surface area contributed by atoms with E-state index in [0.717, 1.165) is 18.3 Å². The van der Waals surface area contributed by atoms with Crippen LogP contribution in [0, 0.1) is 17.3 Å². The molecule has 1 heteroatoms. The summed E-state index contributed by atoms with van der Waals surface area (Å²) >= 11 is 0. The molecule has 0 spiro atoms. The van der Waals surface area contributed by atoms with Gasteiger partial charge in [0.15, 0.2) is 0 Å². The van der Waals surface area contributed by atoms with Gasteiger partial charge in [-0.05, 0) is 36.5 Å². The molecule has 1 nitrogen and oxygen atoms in total. The molecule has 1 rings (SSSR count). The van der Waals surface area contributed by atoms with Crippen molar-refractivity contribution in [3.8, 4) is 0 Å². The zero-order valence-electron chi connectivity index (χ0n) is 10.1. The molecule has 14 heavy (non-hydrogen) atoms. The fourth-order valence-corrected chi connectivity index (χ4v) is 3.19. The first-order chi connectivity index (χ1) is 6.58. The standard InChI is InChI=1S/C13H26O/c1-11-7-6-9-13(2,3)12(11)8-4-5-10-14/h11-12,14H,4-10H2,1-3H3. The van der Waals surface area contributed by atoms with Gasteiger partial charge in [-0.2, -0.15) is 0 Å². The van der Waals surface area contributed by atoms with Crippen molar-refractivity contribution in [2.45, 2.75) is 59.3 Å². The highest BCUT2D eigenvalue weighted by Gasteiger charge is 2.35. The first-order valence-electron chi connectivity index (χ1n) is 6.19. The maximum absolute atomic E-state index is 8.79. The van der Waals surface area contributed by atoms with E-state index in [2.05, 4.69) is 20.8 Å². The smallest absolute Gasteiger partial charge is 0.0431 e. The van der Waals surface area contributed by atoms with Gasteiger partial charge in [0.05, 0.1) is 0 Å². The molecular formula is C13H26O. The van der Waals surface area contributed by atoms with Crippen LogP contribution in [0.2, 0.25) is 0 Å². The van der Waals surface area contributed by atoms with Crippen LogP contribution in [0.5, 0.6) is 0 Å². The largest absolute Gasteiger partial charge is 0.396 e. The normalized spacial score (nSPS) is 31.7. The summed E-state index contributed by atoms with van der Waals surface area (Å²) in [6, 6.07) is 0. The lowest BCUT2D eigenvalue weighted by atomic mass is 9.62. The van der Waals surface area contributed by atoms with Crippen molar-refractivity contribution in [3.05, 3.63) is 0 Å². The summed E-state index contributed by atoms with van der Waals surface area (Å²) in [5.41, 5.74) is 0.535. The molecule has 1 aliphatic carbocycles. The Morgan fingerprint density at radius 3 is 2.57 bits per heavy atom. The van der Waals surface area contributed by atoms with Gasteiger partial charge in [-0.1, -0.05) is 40.0 Å². The third-order valence-electron chi connectivity index (χ3n) is 4.09. The van der Waals surface area contributed by atoms with Crippen LogP contribution in [0.15, 0.2) is 0 Å². The summed E-state index contributed by atoms with van der Waals surface area (Å²) in [6.07, 6.45) is 7.71. The number of hydrogen-bond acceptors (Lipinski definition) is 1. The third-order valence-corrected chi connectivity index (χ3v) is 4.09. The maximum atomic E-state index is 8.79. The van der Waals surface area contributed by atoms with Crippen LogP contribution in [0.3, 0.4) is 0 Å². The van der Waals surface area contributed by atoms with Crippen molar-refractivity contribution in [2.24, 2.45) is 17.3 Å². The molecule has 0 aliphatic heterocycles. The van der Waals surface area contributed by atoms with Gasteiger partial charge in [-0.3, -0.25) is 0 Å². The van der Waals surface area contributed by atoms with E-state index in [1.807, 2.05) is 0 Å². The fourth-order valence-electron chi connectivity index (χ4n) is 3.19.